The van der Waals surface area contributed by atoms with E-state index < -0.39 is 11.3 Å². The molecule has 2 fully saturated rings. The van der Waals surface area contributed by atoms with Crippen LogP contribution in [0.25, 0.3) is 0 Å². The third kappa shape index (κ3) is 5.04. The number of benzene rings is 1. The van der Waals surface area contributed by atoms with Crippen LogP contribution in [0.3, 0.4) is 0 Å². The molecule has 0 atom stereocenters. The maximum atomic E-state index is 11.3. The molecule has 1 aromatic rings. The number of carbonyl (C=O) groups is 1. The number of nitrogens with one attached hydrogen (secondary N) is 1. The number of hydrogen-bond acceptors (Lipinski definition) is 6. The third-order valence-electron chi connectivity index (χ3n) is 5.30. The summed E-state index contributed by atoms with van der Waals surface area (Å²) in [6.45, 7) is 2.05. The number of nitrogens with zero attached hydrogens (tertiary/aromatic N) is 2. The van der Waals surface area contributed by atoms with Gasteiger partial charge in [0.05, 0.1) is 31.7 Å². The van der Waals surface area contributed by atoms with Crippen LogP contribution >= 0.6 is 12.4 Å². The Morgan fingerprint density at radius 1 is 1.37 bits per heavy atom. The molecule has 148 valence electrons. The normalized spacial score (nSPS) is 18.7. The van der Waals surface area contributed by atoms with E-state index in [-0.39, 0.29) is 19.0 Å². The van der Waals surface area contributed by atoms with Crippen molar-refractivity contribution in [3.8, 4) is 17.6 Å². The standard InChI is InChI=1S/C19H25N3O4.ClH/c1-25-16-5-4-15(10-17(16)26-12-14-2-3-14)19(13-20)6-8-22(9-7-19)11-18(23)21-24;/h4-5,10,14,24H,2-3,6-9,11-12H2,1H3,(H,21,23);1H. The molecule has 0 bridgehead atoms. The Morgan fingerprint density at radius 3 is 2.63 bits per heavy atom. The van der Waals surface area contributed by atoms with E-state index >= 15 is 0 Å². The molecule has 1 saturated heterocycles. The van der Waals surface area contributed by atoms with Gasteiger partial charge in [-0.25, -0.2) is 5.48 Å². The lowest BCUT2D eigenvalue weighted by Crippen LogP contribution is -2.45. The van der Waals surface area contributed by atoms with Crippen LogP contribution in [0.2, 0.25) is 0 Å². The van der Waals surface area contributed by atoms with Crippen molar-refractivity contribution in [2.75, 3.05) is 33.4 Å². The molecule has 0 radical (unpaired) electrons. The summed E-state index contributed by atoms with van der Waals surface area (Å²) >= 11 is 0. The molecular formula is C19H26ClN3O4. The van der Waals surface area contributed by atoms with Gasteiger partial charge < -0.3 is 9.47 Å². The van der Waals surface area contributed by atoms with Crippen molar-refractivity contribution in [2.24, 2.45) is 5.92 Å². The molecule has 7 nitrogen and oxygen atoms in total. The van der Waals surface area contributed by atoms with Gasteiger partial charge in [0.2, 0.25) is 0 Å². The number of rotatable bonds is 7. The molecular weight excluding hydrogens is 370 g/mol. The van der Waals surface area contributed by atoms with Crippen molar-refractivity contribution < 1.29 is 19.5 Å². The van der Waals surface area contributed by atoms with Crippen molar-refractivity contribution in [2.45, 2.75) is 31.1 Å². The Hall–Kier alpha value is -2.01. The minimum atomic E-state index is -0.601. The van der Waals surface area contributed by atoms with Gasteiger partial charge in [0, 0.05) is 13.1 Å². The second kappa shape index (κ2) is 9.27. The van der Waals surface area contributed by atoms with Crippen molar-refractivity contribution in [1.82, 2.24) is 10.4 Å². The first-order valence-electron chi connectivity index (χ1n) is 8.98. The highest BCUT2D eigenvalue weighted by molar-refractivity contribution is 5.85. The second-order valence-electron chi connectivity index (χ2n) is 7.13. The lowest BCUT2D eigenvalue weighted by Gasteiger charge is -2.37. The number of methoxy groups -OCH3 is 1. The van der Waals surface area contributed by atoms with E-state index in [2.05, 4.69) is 6.07 Å². The molecule has 27 heavy (non-hydrogen) atoms. The lowest BCUT2D eigenvalue weighted by molar-refractivity contribution is -0.130. The third-order valence-corrected chi connectivity index (χ3v) is 5.30. The molecule has 1 heterocycles. The quantitative estimate of drug-likeness (QED) is 0.543. The van der Waals surface area contributed by atoms with Gasteiger partial charge in [-0.05, 0) is 49.3 Å². The molecule has 1 aliphatic carbocycles. The topological polar surface area (TPSA) is 94.8 Å². The molecule has 1 saturated carbocycles. The molecule has 2 N–H and O–H groups in total. The maximum Gasteiger partial charge on any atom is 0.257 e. The van der Waals surface area contributed by atoms with Crippen molar-refractivity contribution in [3.05, 3.63) is 23.8 Å². The van der Waals surface area contributed by atoms with E-state index in [1.165, 1.54) is 12.8 Å². The highest BCUT2D eigenvalue weighted by atomic mass is 35.5. The van der Waals surface area contributed by atoms with Gasteiger partial charge in [0.25, 0.3) is 5.91 Å². The number of halogens is 1. The number of hydrogen-bond donors (Lipinski definition) is 2. The average Bonchev–Trinajstić information content (AvgIpc) is 3.51. The SMILES string of the molecule is COc1ccc(C2(C#N)CCN(CC(=O)NO)CC2)cc1OCC1CC1.Cl. The fourth-order valence-corrected chi connectivity index (χ4v) is 3.38. The number of nitriles is 1. The Kier molecular flexibility index (Phi) is 7.31. The van der Waals surface area contributed by atoms with E-state index in [0.29, 0.717) is 50.0 Å². The van der Waals surface area contributed by atoms with Gasteiger partial charge in [-0.1, -0.05) is 6.07 Å². The molecule has 1 amide bonds. The molecule has 0 unspecified atom stereocenters. The Morgan fingerprint density at radius 2 is 2.07 bits per heavy atom. The molecule has 8 heteroatoms. The monoisotopic (exact) mass is 395 g/mol. The fourth-order valence-electron chi connectivity index (χ4n) is 3.38. The first-order chi connectivity index (χ1) is 12.6. The summed E-state index contributed by atoms with van der Waals surface area (Å²) in [7, 11) is 1.61. The van der Waals surface area contributed by atoms with Crippen LogP contribution < -0.4 is 15.0 Å². The minimum Gasteiger partial charge on any atom is -0.493 e. The molecule has 1 aliphatic heterocycles. The van der Waals surface area contributed by atoms with Crippen LogP contribution in [-0.2, 0) is 10.2 Å². The zero-order chi connectivity index (χ0) is 18.6. The predicted octanol–water partition coefficient (Wildman–Crippen LogP) is 2.27. The summed E-state index contributed by atoms with van der Waals surface area (Å²) in [6.07, 6.45) is 3.66. The Bertz CT molecular complexity index is 695. The van der Waals surface area contributed by atoms with Crippen LogP contribution in [0.5, 0.6) is 11.5 Å². The highest BCUT2D eigenvalue weighted by Gasteiger charge is 2.37. The number of hydroxylamine groups is 1. The van der Waals surface area contributed by atoms with Gasteiger partial charge in [-0.2, -0.15) is 5.26 Å². The number of carbonyl (C=O) groups excluding carboxylic acids is 1. The largest absolute Gasteiger partial charge is 0.493 e. The van der Waals surface area contributed by atoms with Gasteiger partial charge >= 0.3 is 0 Å². The van der Waals surface area contributed by atoms with Crippen LogP contribution in [-0.4, -0.2) is 49.4 Å². The van der Waals surface area contributed by atoms with E-state index in [0.717, 1.165) is 5.56 Å². The Labute approximate surface area is 165 Å². The number of piperidine rings is 1. The van der Waals surface area contributed by atoms with Gasteiger partial charge in [-0.15, -0.1) is 12.4 Å². The minimum absolute atomic E-state index is 0. The van der Waals surface area contributed by atoms with Gasteiger partial charge in [-0.3, -0.25) is 14.9 Å². The fraction of sp³-hybridized carbons (Fsp3) is 0.579. The van der Waals surface area contributed by atoms with Crippen LogP contribution in [0.1, 0.15) is 31.2 Å². The van der Waals surface area contributed by atoms with Gasteiger partial charge in [0.1, 0.15) is 0 Å². The van der Waals surface area contributed by atoms with Crippen molar-refractivity contribution in [3.63, 3.8) is 0 Å². The molecule has 1 aromatic carbocycles. The van der Waals surface area contributed by atoms with E-state index in [9.17, 15) is 10.1 Å². The van der Waals surface area contributed by atoms with E-state index in [1.807, 2.05) is 23.1 Å². The summed E-state index contributed by atoms with van der Waals surface area (Å²) in [6, 6.07) is 8.22. The zero-order valence-corrected chi connectivity index (χ0v) is 16.3. The number of ether oxygens (including phenoxy) is 2. The summed E-state index contributed by atoms with van der Waals surface area (Å²) in [4.78, 5) is 13.3. The van der Waals surface area contributed by atoms with Crippen molar-refractivity contribution >= 4 is 18.3 Å². The average molecular weight is 396 g/mol. The maximum absolute atomic E-state index is 11.3. The number of likely N-dealkylation sites (tertiary alicyclic amines) is 1. The van der Waals surface area contributed by atoms with Crippen LogP contribution in [0.4, 0.5) is 0 Å². The van der Waals surface area contributed by atoms with E-state index in [1.54, 1.807) is 12.6 Å². The summed E-state index contributed by atoms with van der Waals surface area (Å²) in [5, 5.41) is 18.6. The highest BCUT2D eigenvalue weighted by Crippen LogP contribution is 2.40. The molecule has 3 rings (SSSR count). The number of amides is 1. The predicted molar refractivity (Wildman–Crippen MR) is 101 cm³/mol. The molecule has 0 aromatic heterocycles. The lowest BCUT2D eigenvalue weighted by atomic mass is 9.74. The van der Waals surface area contributed by atoms with Crippen LogP contribution in [0, 0.1) is 17.2 Å². The smallest absolute Gasteiger partial charge is 0.257 e. The first kappa shape index (κ1) is 21.3. The summed E-state index contributed by atoms with van der Waals surface area (Å²) in [5.74, 6) is 1.57. The zero-order valence-electron chi connectivity index (χ0n) is 15.4. The van der Waals surface area contributed by atoms with Crippen LogP contribution in [0.15, 0.2) is 18.2 Å². The van der Waals surface area contributed by atoms with E-state index in [4.69, 9.17) is 14.7 Å². The summed E-state index contributed by atoms with van der Waals surface area (Å²) < 4.78 is 11.3. The molecule has 0 spiro atoms. The Balaban J connectivity index is 0.00000261. The first-order valence-corrected chi connectivity index (χ1v) is 8.98. The molecule has 2 aliphatic rings. The summed E-state index contributed by atoms with van der Waals surface area (Å²) in [5.41, 5.74) is 1.98. The van der Waals surface area contributed by atoms with Gasteiger partial charge in [0.15, 0.2) is 11.5 Å². The second-order valence-corrected chi connectivity index (χ2v) is 7.13. The van der Waals surface area contributed by atoms with Crippen molar-refractivity contribution in [1.29, 1.82) is 5.26 Å².